The minimum absolute atomic E-state index is 0.151. The largest absolute Gasteiger partial charge is 0.493 e. The van der Waals surface area contributed by atoms with Crippen LogP contribution in [0.4, 0.5) is 0 Å². The molecule has 2 N–H and O–H groups in total. The lowest BCUT2D eigenvalue weighted by atomic mass is 9.93. The van der Waals surface area contributed by atoms with Gasteiger partial charge >= 0.3 is 5.97 Å². The van der Waals surface area contributed by atoms with Gasteiger partial charge in [0.1, 0.15) is 36.5 Å². The van der Waals surface area contributed by atoms with E-state index in [0.717, 1.165) is 51.1 Å². The van der Waals surface area contributed by atoms with Crippen LogP contribution >= 0.6 is 23.2 Å². The number of nitrogens with one attached hydrogen (secondary N) is 2. The Morgan fingerprint density at radius 3 is 2.60 bits per heavy atom. The van der Waals surface area contributed by atoms with E-state index in [0.29, 0.717) is 66.9 Å². The van der Waals surface area contributed by atoms with Gasteiger partial charge in [-0.1, -0.05) is 41.9 Å². The van der Waals surface area contributed by atoms with Crippen LogP contribution in [0.15, 0.2) is 67.0 Å². The van der Waals surface area contributed by atoms with Crippen molar-refractivity contribution in [2.24, 2.45) is 0 Å². The number of nitrogens with zero attached hydrogens (tertiary/aromatic N) is 1. The van der Waals surface area contributed by atoms with E-state index >= 15 is 0 Å². The molecule has 0 saturated carbocycles. The van der Waals surface area contributed by atoms with E-state index in [4.69, 9.17) is 42.1 Å². The zero-order chi connectivity index (χ0) is 35.5. The van der Waals surface area contributed by atoms with Crippen molar-refractivity contribution in [2.45, 2.75) is 65.3 Å². The highest BCUT2D eigenvalue weighted by molar-refractivity contribution is 6.32. The number of esters is 1. The Hall–Kier alpha value is -4.31. The third-order valence-electron chi connectivity index (χ3n) is 8.74. The molecule has 0 aliphatic carbocycles. The third kappa shape index (κ3) is 9.47. The molecule has 1 aliphatic heterocycles. The molecule has 3 aromatic carbocycles. The lowest BCUT2D eigenvalue weighted by Gasteiger charge is -2.20. The number of benzene rings is 3. The number of rotatable bonds is 9. The number of ether oxygens (including phenoxy) is 4. The normalized spacial score (nSPS) is 15.3. The zero-order valence-corrected chi connectivity index (χ0v) is 30.2. The van der Waals surface area contributed by atoms with Crippen molar-refractivity contribution < 1.29 is 28.5 Å². The topological polar surface area (TPSA) is 108 Å². The zero-order valence-electron chi connectivity index (χ0n) is 28.7. The molecule has 1 aromatic heterocycles. The molecule has 2 heterocycles. The number of hydrogen-bond donors (Lipinski definition) is 2. The summed E-state index contributed by atoms with van der Waals surface area (Å²) in [6, 6.07) is 17.0. The highest BCUT2D eigenvalue weighted by Gasteiger charge is 2.21. The fourth-order valence-electron chi connectivity index (χ4n) is 5.85. The summed E-state index contributed by atoms with van der Waals surface area (Å²) in [5.74, 6) is 1.80. The molecule has 0 spiro atoms. The van der Waals surface area contributed by atoms with Crippen molar-refractivity contribution in [1.29, 1.82) is 0 Å². The van der Waals surface area contributed by atoms with Crippen LogP contribution in [-0.2, 0) is 29.3 Å². The second kappa shape index (κ2) is 18.1. The number of carbonyl (C=O) groups is 2. The number of hydrogen-bond acceptors (Lipinski definition) is 8. The number of alkyl halides is 1. The average molecular weight is 721 g/mol. The minimum atomic E-state index is -0.542. The minimum Gasteiger partial charge on any atom is -0.493 e. The molecule has 1 amide bonds. The van der Waals surface area contributed by atoms with Crippen LogP contribution in [-0.4, -0.2) is 49.0 Å². The predicted molar refractivity (Wildman–Crippen MR) is 195 cm³/mol. The van der Waals surface area contributed by atoms with E-state index in [2.05, 4.69) is 41.6 Å². The van der Waals surface area contributed by atoms with Crippen LogP contribution in [0.3, 0.4) is 0 Å². The highest BCUT2D eigenvalue weighted by atomic mass is 35.5. The smallest absolute Gasteiger partial charge is 0.322 e. The van der Waals surface area contributed by atoms with E-state index in [-0.39, 0.29) is 25.1 Å². The van der Waals surface area contributed by atoms with E-state index in [1.807, 2.05) is 24.3 Å². The summed E-state index contributed by atoms with van der Waals surface area (Å²) in [7, 11) is 1.37. The average Bonchev–Trinajstić information content (AvgIpc) is 3.12. The monoisotopic (exact) mass is 719 g/mol. The summed E-state index contributed by atoms with van der Waals surface area (Å²) in [5, 5.41) is 6.64. The molecular weight excluding hydrogens is 677 g/mol. The Labute approximate surface area is 303 Å². The summed E-state index contributed by atoms with van der Waals surface area (Å²) < 4.78 is 23.7. The van der Waals surface area contributed by atoms with Gasteiger partial charge in [0, 0.05) is 48.6 Å². The first-order chi connectivity index (χ1) is 24.3. The molecule has 11 heteroatoms. The molecule has 4 aromatic rings. The number of carbonyl (C=O) groups excluding carboxylic acids is 2. The van der Waals surface area contributed by atoms with E-state index in [1.165, 1.54) is 13.3 Å². The predicted octanol–water partition coefficient (Wildman–Crippen LogP) is 7.73. The van der Waals surface area contributed by atoms with Crippen molar-refractivity contribution in [3.05, 3.63) is 105 Å². The molecule has 0 fully saturated rings. The second-order valence-corrected chi connectivity index (χ2v) is 13.0. The first-order valence-electron chi connectivity index (χ1n) is 16.8. The number of aromatic nitrogens is 1. The Morgan fingerprint density at radius 1 is 1.00 bits per heavy atom. The van der Waals surface area contributed by atoms with Gasteiger partial charge in [-0.3, -0.25) is 14.6 Å². The standard InChI is InChI=1S/C39H43Cl2N3O6/c1-25-28(9-6-10-31(25)32-11-7-13-35(26(32)2)48-16-8-14-40)24-50-37-19-36-29(18-33(37)41)22-44-34(39(46)47-3)12-4-5-15-43-38(45)30-17-27(23-49-36)20-42-21-30/h6-7,9-11,13,17-21,34,44H,4-5,8,12,14-16,22-24H2,1-3H3,(H,43,45)/t34-/m0/s1. The van der Waals surface area contributed by atoms with Crippen LogP contribution < -0.4 is 24.8 Å². The van der Waals surface area contributed by atoms with Gasteiger partial charge in [0.15, 0.2) is 0 Å². The first-order valence-corrected chi connectivity index (χ1v) is 17.7. The molecule has 0 unspecified atom stereocenters. The number of pyridine rings is 1. The van der Waals surface area contributed by atoms with Crippen molar-refractivity contribution >= 4 is 35.1 Å². The maximum Gasteiger partial charge on any atom is 0.322 e. The Balaban J connectivity index is 1.40. The molecule has 5 rings (SSSR count). The van der Waals surface area contributed by atoms with Gasteiger partial charge in [-0.25, -0.2) is 0 Å². The Morgan fingerprint density at radius 2 is 1.80 bits per heavy atom. The van der Waals surface area contributed by atoms with Gasteiger partial charge in [-0.15, -0.1) is 11.6 Å². The molecule has 264 valence electrons. The van der Waals surface area contributed by atoms with Crippen molar-refractivity contribution in [3.8, 4) is 28.4 Å². The SMILES string of the molecule is COC(=O)[C@@H]1CCCCNC(=O)c2cncc(c2)COc2cc(OCc3cccc(-c4cccc(OCCCCl)c4C)c3C)c(Cl)cc2CN1. The quantitative estimate of drug-likeness (QED) is 0.103. The van der Waals surface area contributed by atoms with Crippen molar-refractivity contribution in [1.82, 2.24) is 15.6 Å². The summed E-state index contributed by atoms with van der Waals surface area (Å²) in [5.41, 5.74) is 7.24. The fraction of sp³-hybridized carbons (Fsp3) is 0.359. The van der Waals surface area contributed by atoms with Gasteiger partial charge in [0.05, 0.1) is 24.3 Å². The van der Waals surface area contributed by atoms with Crippen molar-refractivity contribution in [3.63, 3.8) is 0 Å². The van der Waals surface area contributed by atoms with Crippen LogP contribution in [0, 0.1) is 13.8 Å². The summed E-state index contributed by atoms with van der Waals surface area (Å²) >= 11 is 12.7. The molecule has 0 saturated heterocycles. The first kappa shape index (κ1) is 37.0. The third-order valence-corrected chi connectivity index (χ3v) is 9.30. The Bertz CT molecular complexity index is 1800. The molecule has 2 bridgehead atoms. The maximum absolute atomic E-state index is 12.7. The van der Waals surface area contributed by atoms with Gasteiger partial charge in [0.2, 0.25) is 0 Å². The van der Waals surface area contributed by atoms with E-state index in [9.17, 15) is 9.59 Å². The number of methoxy groups -OCH3 is 1. The van der Waals surface area contributed by atoms with Crippen LogP contribution in [0.5, 0.6) is 17.2 Å². The lowest BCUT2D eigenvalue weighted by Crippen LogP contribution is -2.37. The second-order valence-electron chi connectivity index (χ2n) is 12.2. The molecule has 9 nitrogen and oxygen atoms in total. The van der Waals surface area contributed by atoms with E-state index < -0.39 is 6.04 Å². The van der Waals surface area contributed by atoms with Gasteiger partial charge in [0.25, 0.3) is 5.91 Å². The molecule has 1 atom stereocenters. The van der Waals surface area contributed by atoms with Crippen LogP contribution in [0.25, 0.3) is 11.1 Å². The number of fused-ring (bicyclic) bond motifs is 3. The molecular formula is C39H43Cl2N3O6. The van der Waals surface area contributed by atoms with Crippen LogP contribution in [0.1, 0.15) is 63.9 Å². The number of amides is 1. The fourth-order valence-corrected chi connectivity index (χ4v) is 6.20. The number of halogens is 2. The van der Waals surface area contributed by atoms with Gasteiger partial charge in [-0.2, -0.15) is 0 Å². The Kier molecular flexibility index (Phi) is 13.4. The summed E-state index contributed by atoms with van der Waals surface area (Å²) in [4.78, 5) is 29.6. The summed E-state index contributed by atoms with van der Waals surface area (Å²) in [6.07, 6.45) is 5.92. The molecule has 0 radical (unpaired) electrons. The molecule has 1 aliphatic rings. The van der Waals surface area contributed by atoms with E-state index in [1.54, 1.807) is 24.4 Å². The summed E-state index contributed by atoms with van der Waals surface area (Å²) in [6.45, 7) is 5.92. The maximum atomic E-state index is 12.7. The van der Waals surface area contributed by atoms with Gasteiger partial charge in [-0.05, 0) is 85.5 Å². The van der Waals surface area contributed by atoms with Gasteiger partial charge < -0.3 is 29.6 Å². The van der Waals surface area contributed by atoms with Crippen molar-refractivity contribution in [2.75, 3.05) is 26.1 Å². The lowest BCUT2D eigenvalue weighted by molar-refractivity contribution is -0.143. The molecule has 50 heavy (non-hydrogen) atoms. The highest BCUT2D eigenvalue weighted by Crippen LogP contribution is 2.36. The van der Waals surface area contributed by atoms with Crippen LogP contribution in [0.2, 0.25) is 5.02 Å².